The van der Waals surface area contributed by atoms with Crippen molar-refractivity contribution in [3.8, 4) is 17.0 Å². The fourth-order valence-electron chi connectivity index (χ4n) is 4.81. The van der Waals surface area contributed by atoms with Crippen molar-refractivity contribution >= 4 is 28.9 Å². The molecule has 182 valence electrons. The van der Waals surface area contributed by atoms with E-state index in [1.54, 1.807) is 41.4 Å². The summed E-state index contributed by atoms with van der Waals surface area (Å²) in [5.41, 5.74) is 7.66. The van der Waals surface area contributed by atoms with E-state index in [1.165, 1.54) is 7.11 Å². The van der Waals surface area contributed by atoms with Gasteiger partial charge >= 0.3 is 6.03 Å². The quantitative estimate of drug-likeness (QED) is 0.334. The number of nitrogens with two attached hydrogens (primary N) is 1. The number of furan rings is 1. The molecule has 0 saturated carbocycles. The molecule has 1 saturated heterocycles. The highest BCUT2D eigenvalue weighted by Gasteiger charge is 2.52. The van der Waals surface area contributed by atoms with Crippen LogP contribution in [-0.2, 0) is 12.1 Å². The number of urea groups is 1. The van der Waals surface area contributed by atoms with Gasteiger partial charge in [0.25, 0.3) is 5.91 Å². The maximum atomic E-state index is 13.2. The number of hydrogen-bond donors (Lipinski definition) is 4. The van der Waals surface area contributed by atoms with E-state index in [-0.39, 0.29) is 18.4 Å². The first kappa shape index (κ1) is 21.9. The van der Waals surface area contributed by atoms with Gasteiger partial charge in [-0.25, -0.2) is 14.8 Å². The van der Waals surface area contributed by atoms with Gasteiger partial charge in [0, 0.05) is 29.3 Å². The van der Waals surface area contributed by atoms with Gasteiger partial charge in [0.2, 0.25) is 5.95 Å². The van der Waals surface area contributed by atoms with Crippen LogP contribution in [0.1, 0.15) is 21.7 Å². The van der Waals surface area contributed by atoms with Crippen LogP contribution in [0, 0.1) is 0 Å². The van der Waals surface area contributed by atoms with E-state index in [0.717, 1.165) is 16.5 Å². The van der Waals surface area contributed by atoms with Crippen LogP contribution < -0.4 is 21.1 Å². The Morgan fingerprint density at radius 3 is 2.83 bits per heavy atom. The number of carbonyl (C=O) groups is 2. The second kappa shape index (κ2) is 7.95. The minimum Gasteiger partial charge on any atom is -0.497 e. The first-order chi connectivity index (χ1) is 17.4. The van der Waals surface area contributed by atoms with E-state index >= 15 is 0 Å². The fourth-order valence-corrected chi connectivity index (χ4v) is 4.81. The normalized spacial score (nSPS) is 20.9. The van der Waals surface area contributed by atoms with E-state index in [2.05, 4.69) is 20.6 Å². The SMILES string of the molecule is COc1ccc2c(c1)C(=O)N(CC1(c3cc4cc(-c5ccnc(N)n5)ccc4o3)NC(=O)NC1O)C2. The van der Waals surface area contributed by atoms with Gasteiger partial charge in [-0.3, -0.25) is 4.79 Å². The van der Waals surface area contributed by atoms with Crippen LogP contribution in [0.15, 0.2) is 59.1 Å². The molecule has 4 heterocycles. The van der Waals surface area contributed by atoms with E-state index in [1.807, 2.05) is 18.2 Å². The number of nitrogens with zero attached hydrogens (tertiary/aromatic N) is 3. The average molecular weight is 486 g/mol. The predicted octanol–water partition coefficient (Wildman–Crippen LogP) is 1.96. The summed E-state index contributed by atoms with van der Waals surface area (Å²) in [5.74, 6) is 0.824. The summed E-state index contributed by atoms with van der Waals surface area (Å²) in [4.78, 5) is 35.3. The zero-order valence-corrected chi connectivity index (χ0v) is 19.2. The van der Waals surface area contributed by atoms with Gasteiger partial charge in [0.15, 0.2) is 11.8 Å². The van der Waals surface area contributed by atoms with E-state index in [4.69, 9.17) is 14.9 Å². The molecule has 0 spiro atoms. The molecule has 36 heavy (non-hydrogen) atoms. The third-order valence-electron chi connectivity index (χ3n) is 6.63. The van der Waals surface area contributed by atoms with Crippen LogP contribution in [-0.4, -0.2) is 51.8 Å². The van der Waals surface area contributed by atoms with Gasteiger partial charge in [-0.05, 0) is 48.0 Å². The summed E-state index contributed by atoms with van der Waals surface area (Å²) in [6.07, 6.45) is 0.242. The second-order valence-electron chi connectivity index (χ2n) is 8.82. The number of ether oxygens (including phenoxy) is 1. The van der Waals surface area contributed by atoms with Crippen molar-refractivity contribution < 1.29 is 23.8 Å². The third kappa shape index (κ3) is 3.40. The Morgan fingerprint density at radius 1 is 1.22 bits per heavy atom. The number of carbonyl (C=O) groups excluding carboxylic acids is 2. The maximum Gasteiger partial charge on any atom is 0.317 e. The van der Waals surface area contributed by atoms with Crippen LogP contribution >= 0.6 is 0 Å². The van der Waals surface area contributed by atoms with Crippen molar-refractivity contribution in [1.82, 2.24) is 25.5 Å². The summed E-state index contributed by atoms with van der Waals surface area (Å²) >= 11 is 0. The van der Waals surface area contributed by atoms with Crippen LogP contribution in [0.2, 0.25) is 0 Å². The van der Waals surface area contributed by atoms with Gasteiger partial charge in [0.1, 0.15) is 17.1 Å². The standard InChI is InChI=1S/C25H22N6O5/c1-35-16-4-2-14-11-31(21(32)17(14)10-16)12-25(22(33)29-24(34)30-25)20-9-15-8-13(3-5-19(15)36-20)18-6-7-27-23(26)28-18/h2-10,22,33H,11-12H2,1H3,(H2,26,27,28)(H2,29,30,34). The molecule has 11 nitrogen and oxygen atoms in total. The average Bonchev–Trinajstić information content (AvgIpc) is 3.52. The summed E-state index contributed by atoms with van der Waals surface area (Å²) in [7, 11) is 1.54. The van der Waals surface area contributed by atoms with Crippen molar-refractivity contribution in [2.45, 2.75) is 18.3 Å². The number of benzene rings is 2. The number of nitrogens with one attached hydrogen (secondary N) is 2. The number of hydrogen-bond acceptors (Lipinski definition) is 8. The maximum absolute atomic E-state index is 13.2. The molecule has 0 aliphatic carbocycles. The number of amides is 3. The van der Waals surface area contributed by atoms with Crippen molar-refractivity contribution in [3.63, 3.8) is 0 Å². The summed E-state index contributed by atoms with van der Waals surface area (Å²) in [6.45, 7) is 0.305. The number of fused-ring (bicyclic) bond motifs is 2. The Bertz CT molecular complexity index is 1530. The number of nitrogen functional groups attached to an aromatic ring is 1. The molecule has 5 N–H and O–H groups in total. The highest BCUT2D eigenvalue weighted by molar-refractivity contribution is 5.99. The molecule has 0 bridgehead atoms. The van der Waals surface area contributed by atoms with Crippen molar-refractivity contribution in [2.24, 2.45) is 0 Å². The lowest BCUT2D eigenvalue weighted by Crippen LogP contribution is -2.54. The van der Waals surface area contributed by atoms with Crippen molar-refractivity contribution in [3.05, 3.63) is 71.6 Å². The van der Waals surface area contributed by atoms with Crippen molar-refractivity contribution in [1.29, 1.82) is 0 Å². The molecular weight excluding hydrogens is 464 g/mol. The molecular formula is C25H22N6O5. The van der Waals surface area contributed by atoms with Crippen LogP contribution in [0.5, 0.6) is 5.75 Å². The zero-order chi connectivity index (χ0) is 25.0. The molecule has 4 aromatic rings. The molecule has 2 aliphatic rings. The zero-order valence-electron chi connectivity index (χ0n) is 19.2. The second-order valence-corrected chi connectivity index (χ2v) is 8.82. The molecule has 2 aromatic carbocycles. The molecule has 2 aliphatic heterocycles. The predicted molar refractivity (Wildman–Crippen MR) is 129 cm³/mol. The van der Waals surface area contributed by atoms with E-state index in [0.29, 0.717) is 34.9 Å². The van der Waals surface area contributed by atoms with Gasteiger partial charge in [-0.1, -0.05) is 6.07 Å². The van der Waals surface area contributed by atoms with E-state index in [9.17, 15) is 14.7 Å². The lowest BCUT2D eigenvalue weighted by Gasteiger charge is -2.33. The van der Waals surface area contributed by atoms with Gasteiger partial charge in [-0.15, -0.1) is 0 Å². The molecule has 2 atom stereocenters. The Hall–Kier alpha value is -4.64. The number of aliphatic hydroxyl groups excluding tert-OH is 1. The summed E-state index contributed by atoms with van der Waals surface area (Å²) < 4.78 is 11.4. The highest BCUT2D eigenvalue weighted by Crippen LogP contribution is 2.37. The highest BCUT2D eigenvalue weighted by atomic mass is 16.5. The largest absolute Gasteiger partial charge is 0.497 e. The lowest BCUT2D eigenvalue weighted by atomic mass is 9.94. The Kier molecular flexibility index (Phi) is 4.83. The van der Waals surface area contributed by atoms with E-state index < -0.39 is 17.8 Å². The van der Waals surface area contributed by atoms with Gasteiger partial charge in [0.05, 0.1) is 19.3 Å². The van der Waals surface area contributed by atoms with Crippen molar-refractivity contribution in [2.75, 3.05) is 19.4 Å². The van der Waals surface area contributed by atoms with Crippen LogP contribution in [0.4, 0.5) is 10.7 Å². The number of methoxy groups -OCH3 is 1. The minimum absolute atomic E-state index is 0.0160. The molecule has 3 amide bonds. The Balaban J connectivity index is 1.38. The van der Waals surface area contributed by atoms with Crippen LogP contribution in [0.3, 0.4) is 0 Å². The number of aliphatic hydroxyl groups is 1. The molecule has 11 heteroatoms. The van der Waals surface area contributed by atoms with Gasteiger partial charge in [-0.2, -0.15) is 0 Å². The first-order valence-corrected chi connectivity index (χ1v) is 11.2. The fraction of sp³-hybridized carbons (Fsp3) is 0.200. The Morgan fingerprint density at radius 2 is 2.08 bits per heavy atom. The third-order valence-corrected chi connectivity index (χ3v) is 6.63. The van der Waals surface area contributed by atoms with Crippen LogP contribution in [0.25, 0.3) is 22.2 Å². The minimum atomic E-state index is -1.41. The molecule has 6 rings (SSSR count). The molecule has 2 aromatic heterocycles. The monoisotopic (exact) mass is 486 g/mol. The smallest absolute Gasteiger partial charge is 0.317 e. The Labute approximate surface area is 204 Å². The molecule has 1 fully saturated rings. The van der Waals surface area contributed by atoms with Gasteiger partial charge < -0.3 is 35.5 Å². The topological polar surface area (TPSA) is 156 Å². The number of rotatable bonds is 5. The molecule has 2 unspecified atom stereocenters. The lowest BCUT2D eigenvalue weighted by molar-refractivity contribution is 0.0353. The summed E-state index contributed by atoms with van der Waals surface area (Å²) in [6, 6.07) is 13.7. The first-order valence-electron chi connectivity index (χ1n) is 11.2. The molecule has 0 radical (unpaired) electrons. The number of anilines is 1. The number of aromatic nitrogens is 2. The summed E-state index contributed by atoms with van der Waals surface area (Å²) in [5, 5.41) is 17.0.